The van der Waals surface area contributed by atoms with Crippen molar-refractivity contribution in [1.82, 2.24) is 4.90 Å². The molecule has 0 spiro atoms. The van der Waals surface area contributed by atoms with Gasteiger partial charge in [-0.25, -0.2) is 4.39 Å². The van der Waals surface area contributed by atoms with Gasteiger partial charge in [0, 0.05) is 6.04 Å². The fourth-order valence-electron chi connectivity index (χ4n) is 5.80. The molecule has 7 nitrogen and oxygen atoms in total. The van der Waals surface area contributed by atoms with E-state index < -0.39 is 36.0 Å². The highest BCUT2D eigenvalue weighted by Crippen LogP contribution is 2.43. The predicted octanol–water partition coefficient (Wildman–Crippen LogP) is 4.17. The van der Waals surface area contributed by atoms with Crippen LogP contribution in [-0.4, -0.2) is 41.1 Å². The summed E-state index contributed by atoms with van der Waals surface area (Å²) in [6.07, 6.45) is 2.08. The molecule has 0 N–H and O–H groups in total. The Kier molecular flexibility index (Phi) is 5.59. The third-order valence-corrected chi connectivity index (χ3v) is 7.50. The number of benzene rings is 3. The molecular formula is C29H24FN3O4. The molecule has 0 radical (unpaired) electrons. The van der Waals surface area contributed by atoms with E-state index >= 15 is 0 Å². The van der Waals surface area contributed by atoms with Crippen molar-refractivity contribution in [3.8, 4) is 0 Å². The predicted molar refractivity (Wildman–Crippen MR) is 134 cm³/mol. The maximum absolute atomic E-state index is 13.9. The molecule has 0 bridgehead atoms. The molecule has 1 fully saturated rings. The van der Waals surface area contributed by atoms with Crippen molar-refractivity contribution in [2.75, 3.05) is 16.3 Å². The highest BCUT2D eigenvalue weighted by molar-refractivity contribution is 6.23. The largest absolute Gasteiger partial charge is 0.306 e. The highest BCUT2D eigenvalue weighted by atomic mass is 19.1. The van der Waals surface area contributed by atoms with Crippen molar-refractivity contribution in [1.29, 1.82) is 0 Å². The van der Waals surface area contributed by atoms with E-state index in [1.807, 2.05) is 48.5 Å². The molecule has 2 aliphatic heterocycles. The zero-order valence-corrected chi connectivity index (χ0v) is 20.0. The Bertz CT molecular complexity index is 1440. The molecule has 0 saturated heterocycles. The third kappa shape index (κ3) is 3.80. The van der Waals surface area contributed by atoms with Crippen LogP contribution in [0.4, 0.5) is 15.8 Å². The minimum Gasteiger partial charge on any atom is -0.306 e. The number of fused-ring (bicyclic) bond motifs is 3. The monoisotopic (exact) mass is 497 g/mol. The van der Waals surface area contributed by atoms with Gasteiger partial charge < -0.3 is 9.80 Å². The zero-order chi connectivity index (χ0) is 25.7. The fourth-order valence-corrected chi connectivity index (χ4v) is 5.80. The molecule has 0 aromatic heterocycles. The zero-order valence-electron chi connectivity index (χ0n) is 20.0. The van der Waals surface area contributed by atoms with Crippen LogP contribution in [0.1, 0.15) is 45.5 Å². The molecule has 3 aromatic carbocycles. The molecule has 4 amide bonds. The molecule has 0 unspecified atom stereocenters. The van der Waals surface area contributed by atoms with E-state index in [0.717, 1.165) is 29.0 Å². The summed E-state index contributed by atoms with van der Waals surface area (Å²) in [5.41, 5.74) is 2.20. The highest BCUT2D eigenvalue weighted by Gasteiger charge is 2.47. The van der Waals surface area contributed by atoms with Gasteiger partial charge in [0.15, 0.2) is 0 Å². The first-order valence-electron chi connectivity index (χ1n) is 12.4. The van der Waals surface area contributed by atoms with Crippen LogP contribution in [0.3, 0.4) is 0 Å². The Morgan fingerprint density at radius 2 is 1.51 bits per heavy atom. The standard InChI is InChI=1S/C29H24FN3O4/c30-19-13-14-20-22(15-19)29(37)32(27(20)35)17-26(34)33-23-12-6-9-21(23)28(36)31(16-18-7-2-1-3-8-18)24-10-4-5-11-25(24)33/h1-5,7-8,10-11,13-15,21,23H,6,9,12,16-17H2/t21-,23+/m0/s1. The second-order valence-corrected chi connectivity index (χ2v) is 9.65. The average molecular weight is 498 g/mol. The van der Waals surface area contributed by atoms with E-state index in [-0.39, 0.29) is 23.1 Å². The quantitative estimate of drug-likeness (QED) is 0.507. The number of rotatable bonds is 4. The molecule has 3 aliphatic rings. The topological polar surface area (TPSA) is 78.0 Å². The lowest BCUT2D eigenvalue weighted by Crippen LogP contribution is -2.49. The van der Waals surface area contributed by atoms with Gasteiger partial charge in [0.2, 0.25) is 11.8 Å². The Labute approximate surface area is 213 Å². The van der Waals surface area contributed by atoms with Crippen molar-refractivity contribution in [3.63, 3.8) is 0 Å². The molecule has 6 rings (SSSR count). The molecule has 1 saturated carbocycles. The maximum Gasteiger partial charge on any atom is 0.262 e. The SMILES string of the molecule is O=C1c2ccc(F)cc2C(=O)N1CC(=O)N1c2ccccc2N(Cc2ccccc2)C(=O)[C@H]2CCC[C@H]21. The number of carbonyl (C=O) groups excluding carboxylic acids is 4. The van der Waals surface area contributed by atoms with Gasteiger partial charge in [0.05, 0.1) is 35.0 Å². The average Bonchev–Trinajstić information content (AvgIpc) is 3.45. The number of nitrogens with zero attached hydrogens (tertiary/aromatic N) is 3. The smallest absolute Gasteiger partial charge is 0.262 e. The second kappa shape index (κ2) is 8.96. The number of hydrogen-bond donors (Lipinski definition) is 0. The van der Waals surface area contributed by atoms with Crippen LogP contribution in [0.15, 0.2) is 72.8 Å². The summed E-state index contributed by atoms with van der Waals surface area (Å²) in [4.78, 5) is 57.8. The lowest BCUT2D eigenvalue weighted by Gasteiger charge is -2.31. The Hall–Kier alpha value is -4.33. The number of para-hydroxylation sites is 2. The van der Waals surface area contributed by atoms with Crippen LogP contribution in [0.25, 0.3) is 0 Å². The summed E-state index contributed by atoms with van der Waals surface area (Å²) in [5.74, 6) is -2.82. The third-order valence-electron chi connectivity index (χ3n) is 7.50. The molecular weight excluding hydrogens is 473 g/mol. The van der Waals surface area contributed by atoms with E-state index in [4.69, 9.17) is 0 Å². The summed E-state index contributed by atoms with van der Waals surface area (Å²) in [5, 5.41) is 0. The molecule has 1 aliphatic carbocycles. The molecule has 37 heavy (non-hydrogen) atoms. The fraction of sp³-hybridized carbons (Fsp3) is 0.241. The van der Waals surface area contributed by atoms with Gasteiger partial charge in [-0.3, -0.25) is 24.1 Å². The van der Waals surface area contributed by atoms with Crippen LogP contribution in [0, 0.1) is 11.7 Å². The van der Waals surface area contributed by atoms with Crippen LogP contribution in [0.2, 0.25) is 0 Å². The first kappa shape index (κ1) is 23.1. The van der Waals surface area contributed by atoms with E-state index in [1.165, 1.54) is 6.07 Å². The van der Waals surface area contributed by atoms with Crippen molar-refractivity contribution in [2.24, 2.45) is 5.92 Å². The number of halogens is 1. The number of imide groups is 1. The van der Waals surface area contributed by atoms with E-state index in [2.05, 4.69) is 0 Å². The minimum absolute atomic E-state index is 0.0368. The van der Waals surface area contributed by atoms with Crippen molar-refractivity contribution < 1.29 is 23.6 Å². The van der Waals surface area contributed by atoms with Crippen LogP contribution < -0.4 is 9.80 Å². The molecule has 2 atom stereocenters. The lowest BCUT2D eigenvalue weighted by molar-refractivity contribution is -0.123. The number of carbonyl (C=O) groups is 4. The number of anilines is 2. The van der Waals surface area contributed by atoms with Crippen LogP contribution in [-0.2, 0) is 16.1 Å². The summed E-state index contributed by atoms with van der Waals surface area (Å²) < 4.78 is 13.7. The first-order valence-corrected chi connectivity index (χ1v) is 12.4. The lowest BCUT2D eigenvalue weighted by atomic mass is 10.0. The number of amides is 4. The van der Waals surface area contributed by atoms with Crippen molar-refractivity contribution in [3.05, 3.63) is 95.3 Å². The van der Waals surface area contributed by atoms with Gasteiger partial charge in [0.1, 0.15) is 12.4 Å². The van der Waals surface area contributed by atoms with Gasteiger partial charge in [-0.05, 0) is 48.7 Å². The van der Waals surface area contributed by atoms with Crippen molar-refractivity contribution in [2.45, 2.75) is 31.8 Å². The summed E-state index contributed by atoms with van der Waals surface area (Å²) in [7, 11) is 0. The van der Waals surface area contributed by atoms with Gasteiger partial charge in [-0.1, -0.05) is 48.9 Å². The van der Waals surface area contributed by atoms with Gasteiger partial charge in [-0.2, -0.15) is 0 Å². The van der Waals surface area contributed by atoms with Gasteiger partial charge >= 0.3 is 0 Å². The van der Waals surface area contributed by atoms with E-state index in [0.29, 0.717) is 30.8 Å². The Morgan fingerprint density at radius 1 is 0.811 bits per heavy atom. The Balaban J connectivity index is 1.37. The molecule has 186 valence electrons. The van der Waals surface area contributed by atoms with Crippen molar-refractivity contribution >= 4 is 35.0 Å². The van der Waals surface area contributed by atoms with Gasteiger partial charge in [0.25, 0.3) is 11.8 Å². The van der Waals surface area contributed by atoms with E-state index in [9.17, 15) is 23.6 Å². The minimum atomic E-state index is -0.694. The molecule has 3 aromatic rings. The summed E-state index contributed by atoms with van der Waals surface area (Å²) in [6, 6.07) is 20.0. The molecule has 2 heterocycles. The van der Waals surface area contributed by atoms with Gasteiger partial charge in [-0.15, -0.1) is 0 Å². The maximum atomic E-state index is 13.9. The summed E-state index contributed by atoms with van der Waals surface area (Å²) in [6.45, 7) is -0.121. The first-order chi connectivity index (χ1) is 17.9. The van der Waals surface area contributed by atoms with Crippen LogP contribution in [0.5, 0.6) is 0 Å². The normalized spacial score (nSPS) is 20.6. The number of hydrogen-bond acceptors (Lipinski definition) is 4. The second-order valence-electron chi connectivity index (χ2n) is 9.65. The van der Waals surface area contributed by atoms with E-state index in [1.54, 1.807) is 15.9 Å². The summed E-state index contributed by atoms with van der Waals surface area (Å²) >= 11 is 0. The van der Waals surface area contributed by atoms with Crippen LogP contribution >= 0.6 is 0 Å². The Morgan fingerprint density at radius 3 is 2.30 bits per heavy atom. The molecule has 8 heteroatoms.